The molecule has 1 nitrogen and oxygen atoms in total. The van der Waals surface area contributed by atoms with E-state index in [1.54, 1.807) is 0 Å². The van der Waals surface area contributed by atoms with Gasteiger partial charge in [0.1, 0.15) is 0 Å². The Labute approximate surface area is 81.0 Å². The van der Waals surface area contributed by atoms with E-state index in [-0.39, 0.29) is 5.54 Å². The van der Waals surface area contributed by atoms with Crippen LogP contribution in [-0.4, -0.2) is 8.07 Å². The Hall–Kier alpha value is -1.07. The molecule has 13 heavy (non-hydrogen) atoms. The van der Waals surface area contributed by atoms with E-state index in [2.05, 4.69) is 31.3 Å². The lowest BCUT2D eigenvalue weighted by Gasteiger charge is -2.25. The van der Waals surface area contributed by atoms with Gasteiger partial charge in [-0.3, -0.25) is 0 Å². The van der Waals surface area contributed by atoms with Gasteiger partial charge in [-0.25, -0.2) is 0 Å². The maximum atomic E-state index is 8.92. The Balaban J connectivity index is 3.02. The van der Waals surface area contributed by atoms with E-state index >= 15 is 0 Å². The predicted octanol–water partition coefficient (Wildman–Crippen LogP) is 2.52. The predicted molar refractivity (Wildman–Crippen MR) is 58.6 cm³/mol. The molecule has 0 fully saturated rings. The lowest BCUT2D eigenvalue weighted by atomic mass is 10.4. The van der Waals surface area contributed by atoms with Crippen LogP contribution in [0.15, 0.2) is 30.3 Å². The third kappa shape index (κ3) is 1.99. The Morgan fingerprint density at radius 2 is 1.77 bits per heavy atom. The Bertz CT molecular complexity index is 311. The Kier molecular flexibility index (Phi) is 2.89. The first kappa shape index (κ1) is 10.0. The molecule has 0 N–H and O–H groups in total. The fraction of sp³-hybridized carbons (Fsp3) is 0.364. The highest BCUT2D eigenvalue weighted by Gasteiger charge is 2.29. The summed E-state index contributed by atoms with van der Waals surface area (Å²) in [6.45, 7) is 6.52. The van der Waals surface area contributed by atoms with Crippen LogP contribution < -0.4 is 5.19 Å². The van der Waals surface area contributed by atoms with Crippen molar-refractivity contribution in [3.05, 3.63) is 30.3 Å². The van der Waals surface area contributed by atoms with Gasteiger partial charge in [-0.1, -0.05) is 55.5 Å². The van der Waals surface area contributed by atoms with Crippen molar-refractivity contribution in [2.45, 2.75) is 25.6 Å². The highest BCUT2D eigenvalue weighted by Crippen LogP contribution is 2.19. The van der Waals surface area contributed by atoms with E-state index < -0.39 is 8.07 Å². The van der Waals surface area contributed by atoms with Crippen LogP contribution in [0.3, 0.4) is 0 Å². The number of hydrogen-bond donors (Lipinski definition) is 0. The van der Waals surface area contributed by atoms with E-state index in [1.165, 1.54) is 5.19 Å². The third-order valence-corrected chi connectivity index (χ3v) is 6.91. The van der Waals surface area contributed by atoms with Crippen LogP contribution in [0, 0.1) is 11.3 Å². The summed E-state index contributed by atoms with van der Waals surface area (Å²) in [7, 11) is -1.54. The molecule has 68 valence electrons. The normalized spacial score (nSPS) is 13.4. The van der Waals surface area contributed by atoms with Crippen molar-refractivity contribution in [1.82, 2.24) is 0 Å². The molecule has 0 aliphatic heterocycles. The lowest BCUT2D eigenvalue weighted by Crippen LogP contribution is -2.44. The molecule has 1 aromatic carbocycles. The second-order valence-corrected chi connectivity index (χ2v) is 8.83. The van der Waals surface area contributed by atoms with Gasteiger partial charge in [-0.05, 0) is 0 Å². The minimum Gasteiger partial charge on any atom is -0.198 e. The highest BCUT2D eigenvalue weighted by molar-refractivity contribution is 6.91. The number of rotatable bonds is 2. The number of hydrogen-bond acceptors (Lipinski definition) is 1. The smallest absolute Gasteiger partial charge is 0.0986 e. The van der Waals surface area contributed by atoms with Crippen molar-refractivity contribution < 1.29 is 0 Å². The van der Waals surface area contributed by atoms with E-state index in [0.717, 1.165) is 0 Å². The molecule has 0 saturated heterocycles. The molecule has 1 atom stereocenters. The molecule has 1 rings (SSSR count). The molecule has 0 aliphatic carbocycles. The van der Waals surface area contributed by atoms with Gasteiger partial charge in [0, 0.05) is 5.54 Å². The zero-order valence-corrected chi connectivity index (χ0v) is 9.41. The molecule has 0 radical (unpaired) electrons. The first-order chi connectivity index (χ1) is 6.09. The van der Waals surface area contributed by atoms with Gasteiger partial charge in [0.05, 0.1) is 14.1 Å². The fourth-order valence-electron chi connectivity index (χ4n) is 1.28. The molecule has 0 aliphatic rings. The van der Waals surface area contributed by atoms with Crippen LogP contribution in [-0.2, 0) is 0 Å². The van der Waals surface area contributed by atoms with Crippen molar-refractivity contribution in [1.29, 1.82) is 5.26 Å². The Morgan fingerprint density at radius 1 is 1.23 bits per heavy atom. The quantitative estimate of drug-likeness (QED) is 0.656. The van der Waals surface area contributed by atoms with Gasteiger partial charge in [0.25, 0.3) is 0 Å². The molecule has 0 unspecified atom stereocenters. The minimum atomic E-state index is -1.54. The molecule has 0 heterocycles. The van der Waals surface area contributed by atoms with Crippen molar-refractivity contribution in [2.24, 2.45) is 0 Å². The summed E-state index contributed by atoms with van der Waals surface area (Å²) < 4.78 is 0. The maximum absolute atomic E-state index is 8.92. The summed E-state index contributed by atoms with van der Waals surface area (Å²) in [5.74, 6) is 0. The van der Waals surface area contributed by atoms with Crippen LogP contribution in [0.25, 0.3) is 0 Å². The van der Waals surface area contributed by atoms with Crippen molar-refractivity contribution in [3.8, 4) is 6.07 Å². The van der Waals surface area contributed by atoms with Crippen molar-refractivity contribution >= 4 is 13.3 Å². The molecule has 0 amide bonds. The number of benzene rings is 1. The summed E-state index contributed by atoms with van der Waals surface area (Å²) in [6.07, 6.45) is 0. The molecule has 2 heteroatoms. The highest BCUT2D eigenvalue weighted by atomic mass is 28.3. The SMILES string of the molecule is C[C@H](C#N)[Si](C)(C)c1ccccc1. The zero-order valence-electron chi connectivity index (χ0n) is 8.41. The largest absolute Gasteiger partial charge is 0.198 e. The fourth-order valence-corrected chi connectivity index (χ4v) is 3.15. The van der Waals surface area contributed by atoms with Gasteiger partial charge in [-0.2, -0.15) is 5.26 Å². The number of nitriles is 1. The monoisotopic (exact) mass is 189 g/mol. The van der Waals surface area contributed by atoms with Crippen LogP contribution in [0.1, 0.15) is 6.92 Å². The molecule has 0 aromatic heterocycles. The standard InChI is InChI=1S/C11H15NSi/c1-10(9-12)13(2,3)11-7-5-4-6-8-11/h4-8,10H,1-3H3/t10-/m1/s1. The summed E-state index contributed by atoms with van der Waals surface area (Å²) in [6, 6.07) is 12.8. The first-order valence-electron chi connectivity index (χ1n) is 4.54. The first-order valence-corrected chi connectivity index (χ1v) is 7.62. The molecule has 0 bridgehead atoms. The molecule has 1 aromatic rings. The molecular formula is C11H15NSi. The summed E-state index contributed by atoms with van der Waals surface area (Å²) in [5.41, 5.74) is 0.176. The minimum absolute atomic E-state index is 0.176. The molecule has 0 saturated carbocycles. The number of nitrogens with zero attached hydrogens (tertiary/aromatic N) is 1. The third-order valence-electron chi connectivity index (χ3n) is 2.79. The van der Waals surface area contributed by atoms with E-state index in [1.807, 2.05) is 25.1 Å². The van der Waals surface area contributed by atoms with E-state index in [0.29, 0.717) is 0 Å². The van der Waals surface area contributed by atoms with Gasteiger partial charge in [0.2, 0.25) is 0 Å². The van der Waals surface area contributed by atoms with Crippen LogP contribution in [0.2, 0.25) is 18.6 Å². The zero-order chi connectivity index (χ0) is 9.90. The van der Waals surface area contributed by atoms with Crippen LogP contribution in [0.4, 0.5) is 0 Å². The topological polar surface area (TPSA) is 23.8 Å². The van der Waals surface area contributed by atoms with Crippen LogP contribution >= 0.6 is 0 Å². The Morgan fingerprint density at radius 3 is 2.23 bits per heavy atom. The van der Waals surface area contributed by atoms with Gasteiger partial charge < -0.3 is 0 Å². The van der Waals surface area contributed by atoms with Gasteiger partial charge in [0.15, 0.2) is 0 Å². The van der Waals surface area contributed by atoms with Gasteiger partial charge in [-0.15, -0.1) is 0 Å². The van der Waals surface area contributed by atoms with Gasteiger partial charge >= 0.3 is 0 Å². The van der Waals surface area contributed by atoms with Crippen LogP contribution in [0.5, 0.6) is 0 Å². The molecular weight excluding hydrogens is 174 g/mol. The van der Waals surface area contributed by atoms with Crippen molar-refractivity contribution in [3.63, 3.8) is 0 Å². The summed E-state index contributed by atoms with van der Waals surface area (Å²) in [5, 5.41) is 10.3. The van der Waals surface area contributed by atoms with E-state index in [9.17, 15) is 0 Å². The second kappa shape index (κ2) is 3.76. The lowest BCUT2D eigenvalue weighted by molar-refractivity contribution is 1.15. The van der Waals surface area contributed by atoms with Crippen molar-refractivity contribution in [2.75, 3.05) is 0 Å². The summed E-state index contributed by atoms with van der Waals surface area (Å²) in [4.78, 5) is 0. The second-order valence-electron chi connectivity index (χ2n) is 3.94. The summed E-state index contributed by atoms with van der Waals surface area (Å²) >= 11 is 0. The van der Waals surface area contributed by atoms with E-state index in [4.69, 9.17) is 5.26 Å². The molecule has 0 spiro atoms. The average molecular weight is 189 g/mol. The average Bonchev–Trinajstić information content (AvgIpc) is 2.18. The maximum Gasteiger partial charge on any atom is 0.0986 e.